The second-order valence-electron chi connectivity index (χ2n) is 2.72. The highest BCUT2D eigenvalue weighted by Crippen LogP contribution is 2.25. The van der Waals surface area contributed by atoms with Gasteiger partial charge in [-0.15, -0.1) is 0 Å². The van der Waals surface area contributed by atoms with Gasteiger partial charge in [0.1, 0.15) is 14.1 Å². The van der Waals surface area contributed by atoms with E-state index in [-0.39, 0.29) is 8.68 Å². The molecule has 0 aromatic carbocycles. The fourth-order valence-corrected chi connectivity index (χ4v) is 3.51. The molecule has 0 aliphatic heterocycles. The van der Waals surface area contributed by atoms with Gasteiger partial charge in [0.2, 0.25) is 0 Å². The van der Waals surface area contributed by atoms with Gasteiger partial charge in [0.05, 0.1) is 6.20 Å². The first-order valence-corrected chi connectivity index (χ1v) is 6.82. The SMILES string of the molecule is N=S(=O)(CCC(F)=C(F)F)c1ncc(Cl)s1. The summed E-state index contributed by atoms with van der Waals surface area (Å²) in [6.45, 7) is 0. The molecule has 9 heteroatoms. The van der Waals surface area contributed by atoms with Gasteiger partial charge in [-0.05, 0) is 0 Å². The lowest BCUT2D eigenvalue weighted by Crippen LogP contribution is -2.04. The molecule has 1 aromatic heterocycles. The third-order valence-electron chi connectivity index (χ3n) is 1.55. The Morgan fingerprint density at radius 1 is 1.56 bits per heavy atom. The number of thiazole rings is 1. The molecule has 1 rings (SSSR count). The Balaban J connectivity index is 2.78. The highest BCUT2D eigenvalue weighted by Gasteiger charge is 2.17. The fourth-order valence-electron chi connectivity index (χ4n) is 0.807. The smallest absolute Gasteiger partial charge is 0.247 e. The Hall–Kier alpha value is -0.600. The van der Waals surface area contributed by atoms with Crippen LogP contribution in [0.5, 0.6) is 0 Å². The van der Waals surface area contributed by atoms with Gasteiger partial charge in [-0.3, -0.25) is 0 Å². The van der Waals surface area contributed by atoms with Crippen LogP contribution < -0.4 is 0 Å². The zero-order valence-electron chi connectivity index (χ0n) is 7.68. The van der Waals surface area contributed by atoms with E-state index in [4.69, 9.17) is 16.4 Å². The van der Waals surface area contributed by atoms with Gasteiger partial charge < -0.3 is 0 Å². The number of hydrogen-bond acceptors (Lipinski definition) is 4. The number of nitrogens with one attached hydrogen (secondary N) is 1. The van der Waals surface area contributed by atoms with Crippen LogP contribution in [-0.2, 0) is 9.73 Å². The van der Waals surface area contributed by atoms with Crippen LogP contribution in [0.2, 0.25) is 4.34 Å². The molecule has 1 unspecified atom stereocenters. The molecule has 1 N–H and O–H groups in total. The van der Waals surface area contributed by atoms with Gasteiger partial charge in [0.25, 0.3) is 0 Å². The van der Waals surface area contributed by atoms with Crippen molar-refractivity contribution in [3.8, 4) is 0 Å². The molecule has 0 bridgehead atoms. The van der Waals surface area contributed by atoms with E-state index in [1.807, 2.05) is 0 Å². The van der Waals surface area contributed by atoms with Crippen molar-refractivity contribution >= 4 is 32.7 Å². The first kappa shape index (κ1) is 13.5. The van der Waals surface area contributed by atoms with Gasteiger partial charge in [0, 0.05) is 12.2 Å². The molecule has 16 heavy (non-hydrogen) atoms. The van der Waals surface area contributed by atoms with Crippen LogP contribution in [0.1, 0.15) is 6.42 Å². The minimum absolute atomic E-state index is 0.0791. The molecule has 0 spiro atoms. The summed E-state index contributed by atoms with van der Waals surface area (Å²) in [5, 5.41) is 0. The first-order chi connectivity index (χ1) is 7.33. The highest BCUT2D eigenvalue weighted by molar-refractivity contribution is 7.94. The number of hydrogen-bond donors (Lipinski definition) is 1. The Labute approximate surface area is 98.9 Å². The molecule has 3 nitrogen and oxygen atoms in total. The van der Waals surface area contributed by atoms with Gasteiger partial charge in [-0.1, -0.05) is 22.9 Å². The average Bonchev–Trinajstić information content (AvgIpc) is 2.61. The maximum Gasteiger partial charge on any atom is 0.301 e. The average molecular weight is 291 g/mol. The second kappa shape index (κ2) is 5.15. The molecule has 0 aliphatic carbocycles. The van der Waals surface area contributed by atoms with Gasteiger partial charge in [0.15, 0.2) is 10.2 Å². The Kier molecular flexibility index (Phi) is 4.34. The molecule has 0 aliphatic rings. The van der Waals surface area contributed by atoms with E-state index in [1.165, 1.54) is 6.20 Å². The number of aromatic nitrogens is 1. The minimum atomic E-state index is -3.35. The first-order valence-electron chi connectivity index (χ1n) is 3.90. The van der Waals surface area contributed by atoms with Crippen molar-refractivity contribution in [3.05, 3.63) is 22.4 Å². The summed E-state index contributed by atoms with van der Waals surface area (Å²) in [4.78, 5) is 3.61. The summed E-state index contributed by atoms with van der Waals surface area (Å²) in [6, 6.07) is 0. The van der Waals surface area contributed by atoms with E-state index >= 15 is 0 Å². The van der Waals surface area contributed by atoms with Crippen molar-refractivity contribution in [1.82, 2.24) is 4.98 Å². The molecule has 0 saturated heterocycles. The van der Waals surface area contributed by atoms with Crippen molar-refractivity contribution in [2.45, 2.75) is 10.8 Å². The van der Waals surface area contributed by atoms with Crippen LogP contribution in [0.15, 0.2) is 22.4 Å². The van der Waals surface area contributed by atoms with E-state index < -0.39 is 33.8 Å². The number of allylic oxidation sites excluding steroid dienone is 1. The van der Waals surface area contributed by atoms with Crippen molar-refractivity contribution in [1.29, 1.82) is 4.78 Å². The summed E-state index contributed by atoms with van der Waals surface area (Å²) < 4.78 is 55.1. The van der Waals surface area contributed by atoms with Crippen molar-refractivity contribution in [2.75, 3.05) is 5.75 Å². The lowest BCUT2D eigenvalue weighted by atomic mass is 10.4. The molecule has 1 atom stereocenters. The van der Waals surface area contributed by atoms with Crippen molar-refractivity contribution in [3.63, 3.8) is 0 Å². The molecule has 90 valence electrons. The van der Waals surface area contributed by atoms with E-state index in [2.05, 4.69) is 4.98 Å². The van der Waals surface area contributed by atoms with Crippen LogP contribution >= 0.6 is 22.9 Å². The predicted octanol–water partition coefficient (Wildman–Crippen LogP) is 3.67. The Morgan fingerprint density at radius 2 is 2.19 bits per heavy atom. The molecule has 0 radical (unpaired) electrons. The summed E-state index contributed by atoms with van der Waals surface area (Å²) in [7, 11) is -3.35. The quantitative estimate of drug-likeness (QED) is 0.920. The summed E-state index contributed by atoms with van der Waals surface area (Å²) in [5.74, 6) is -2.19. The zero-order valence-corrected chi connectivity index (χ0v) is 10.1. The van der Waals surface area contributed by atoms with Gasteiger partial charge in [-0.2, -0.15) is 8.78 Å². The molecular formula is C7H6ClF3N2OS2. The van der Waals surface area contributed by atoms with E-state index in [0.717, 1.165) is 11.3 Å². The molecule has 1 aromatic rings. The van der Waals surface area contributed by atoms with Gasteiger partial charge >= 0.3 is 6.08 Å². The second-order valence-corrected chi connectivity index (χ2v) is 6.79. The lowest BCUT2D eigenvalue weighted by Gasteiger charge is -2.01. The standard InChI is InChI=1S/C7H6ClF3N2OS2/c8-5-3-13-7(15-5)16(12,14)2-1-4(9)6(10)11/h3,12H,1-2H2. The zero-order chi connectivity index (χ0) is 12.3. The fraction of sp³-hybridized carbons (Fsp3) is 0.286. The Morgan fingerprint density at radius 3 is 2.62 bits per heavy atom. The molecule has 1 heterocycles. The van der Waals surface area contributed by atoms with Gasteiger partial charge in [-0.25, -0.2) is 18.4 Å². The Bertz CT molecular complexity index is 507. The number of nitrogens with zero attached hydrogens (tertiary/aromatic N) is 1. The normalized spacial score (nSPS) is 14.5. The molecule has 0 fully saturated rings. The monoisotopic (exact) mass is 290 g/mol. The third-order valence-corrected chi connectivity index (χ3v) is 4.97. The largest absolute Gasteiger partial charge is 0.301 e. The van der Waals surface area contributed by atoms with Crippen LogP contribution in [0, 0.1) is 4.78 Å². The topological polar surface area (TPSA) is 53.8 Å². The van der Waals surface area contributed by atoms with Crippen molar-refractivity contribution < 1.29 is 17.4 Å². The van der Waals surface area contributed by atoms with Crippen LogP contribution in [-0.4, -0.2) is 14.9 Å². The molecular weight excluding hydrogens is 285 g/mol. The summed E-state index contributed by atoms with van der Waals surface area (Å²) >= 11 is 6.34. The van der Waals surface area contributed by atoms with Crippen LogP contribution in [0.4, 0.5) is 13.2 Å². The summed E-state index contributed by atoms with van der Waals surface area (Å²) in [5.41, 5.74) is 0. The molecule has 0 amide bonds. The van der Waals surface area contributed by atoms with Crippen LogP contribution in [0.25, 0.3) is 0 Å². The van der Waals surface area contributed by atoms with Crippen molar-refractivity contribution in [2.24, 2.45) is 0 Å². The third kappa shape index (κ3) is 3.46. The highest BCUT2D eigenvalue weighted by atomic mass is 35.5. The predicted molar refractivity (Wildman–Crippen MR) is 56.1 cm³/mol. The van der Waals surface area contributed by atoms with Crippen LogP contribution in [0.3, 0.4) is 0 Å². The summed E-state index contributed by atoms with van der Waals surface area (Å²) in [6.07, 6.45) is -1.99. The van der Waals surface area contributed by atoms with E-state index in [9.17, 15) is 17.4 Å². The maximum absolute atomic E-state index is 12.5. The minimum Gasteiger partial charge on any atom is -0.247 e. The van der Waals surface area contributed by atoms with E-state index in [1.54, 1.807) is 0 Å². The number of halogens is 4. The lowest BCUT2D eigenvalue weighted by molar-refractivity contribution is 0.373. The molecule has 0 saturated carbocycles. The van der Waals surface area contributed by atoms with E-state index in [0.29, 0.717) is 0 Å². The number of rotatable bonds is 4. The maximum atomic E-state index is 12.5.